The first-order chi connectivity index (χ1) is 22.3. The highest BCUT2D eigenvalue weighted by Gasteiger charge is 2.57. The van der Waals surface area contributed by atoms with Gasteiger partial charge in [0.05, 0.1) is 38.5 Å². The summed E-state index contributed by atoms with van der Waals surface area (Å²) in [6.45, 7) is 1.99. The molecule has 0 aromatic heterocycles. The first-order valence-electron chi connectivity index (χ1n) is 14.6. The van der Waals surface area contributed by atoms with Crippen LogP contribution >= 0.6 is 15.9 Å². The van der Waals surface area contributed by atoms with Gasteiger partial charge < -0.3 is 14.7 Å². The molecule has 1 heterocycles. The Kier molecular flexibility index (Phi) is 7.82. The van der Waals surface area contributed by atoms with Crippen molar-refractivity contribution in [2.45, 2.75) is 25.7 Å². The predicted octanol–water partition coefficient (Wildman–Crippen LogP) is 4.64. The number of nitro groups is 2. The number of amides is 2. The number of benzene rings is 2. The van der Waals surface area contributed by atoms with Crippen LogP contribution in [0.2, 0.25) is 0 Å². The van der Waals surface area contributed by atoms with Gasteiger partial charge in [0.2, 0.25) is 11.8 Å². The zero-order valence-corrected chi connectivity index (χ0v) is 26.8. The van der Waals surface area contributed by atoms with Crippen molar-refractivity contribution in [3.8, 4) is 11.5 Å². The molecular formula is C32H27BrN4O10. The molecule has 0 spiro atoms. The lowest BCUT2D eigenvalue weighted by molar-refractivity contribution is -0.392. The van der Waals surface area contributed by atoms with E-state index in [1.807, 2.05) is 0 Å². The highest BCUT2D eigenvalue weighted by molar-refractivity contribution is 9.12. The number of phenolic OH excluding ortho intramolecular Hbond substituents is 1. The average molecular weight is 707 g/mol. The molecule has 0 saturated carbocycles. The van der Waals surface area contributed by atoms with E-state index in [1.165, 1.54) is 31.1 Å². The summed E-state index contributed by atoms with van der Waals surface area (Å²) in [5.74, 6) is -5.68. The second-order valence-electron chi connectivity index (χ2n) is 11.8. The van der Waals surface area contributed by atoms with E-state index in [0.29, 0.717) is 11.1 Å². The zero-order valence-electron chi connectivity index (χ0n) is 25.3. The van der Waals surface area contributed by atoms with E-state index in [1.54, 1.807) is 25.1 Å². The monoisotopic (exact) mass is 706 g/mol. The van der Waals surface area contributed by atoms with Gasteiger partial charge in [-0.3, -0.25) is 39.4 Å². The molecule has 2 aromatic rings. The summed E-state index contributed by atoms with van der Waals surface area (Å²) in [7, 11) is 2.81. The molecule has 1 N–H and O–H groups in total. The van der Waals surface area contributed by atoms with Gasteiger partial charge in [-0.1, -0.05) is 17.7 Å². The maximum Gasteiger partial charge on any atom is 0.301 e. The number of anilines is 2. The lowest BCUT2D eigenvalue weighted by atomic mass is 9.59. The van der Waals surface area contributed by atoms with Crippen LogP contribution in [0, 0.1) is 38.0 Å². The number of ketones is 2. The Hall–Kier alpha value is -5.18. The summed E-state index contributed by atoms with van der Waals surface area (Å²) >= 11 is 3.18. The number of rotatable bonds is 7. The summed E-state index contributed by atoms with van der Waals surface area (Å²) in [5.41, 5.74) is -0.328. The van der Waals surface area contributed by atoms with Crippen LogP contribution in [0.1, 0.15) is 31.2 Å². The number of carbonyl (C=O) groups excluding carboxylic acids is 4. The quantitative estimate of drug-likeness (QED) is 0.139. The van der Waals surface area contributed by atoms with Gasteiger partial charge in [0.25, 0.3) is 0 Å². The number of ether oxygens (including phenoxy) is 1. The lowest BCUT2D eigenvalue weighted by Gasteiger charge is -2.42. The van der Waals surface area contributed by atoms with Crippen LogP contribution in [0.25, 0.3) is 0 Å². The zero-order chi connectivity index (χ0) is 34.1. The predicted molar refractivity (Wildman–Crippen MR) is 170 cm³/mol. The number of phenols is 1. The number of imide groups is 1. The highest BCUT2D eigenvalue weighted by Crippen LogP contribution is 2.56. The van der Waals surface area contributed by atoms with Crippen molar-refractivity contribution in [1.82, 2.24) is 0 Å². The van der Waals surface area contributed by atoms with Gasteiger partial charge in [-0.15, -0.1) is 0 Å². The topological polar surface area (TPSA) is 190 Å². The minimum atomic E-state index is -1.03. The van der Waals surface area contributed by atoms with Crippen molar-refractivity contribution in [3.05, 3.63) is 89.5 Å². The molecule has 14 nitrogen and oxygen atoms in total. The van der Waals surface area contributed by atoms with Gasteiger partial charge in [-0.05, 0) is 59.3 Å². The fourth-order valence-electron chi connectivity index (χ4n) is 7.28. The fraction of sp³-hybridized carbons (Fsp3) is 0.312. The molecule has 6 rings (SSSR count). The van der Waals surface area contributed by atoms with Crippen LogP contribution < -0.4 is 14.5 Å². The molecular weight excluding hydrogens is 680 g/mol. The number of nitrogens with zero attached hydrogens (tertiary/aromatic N) is 4. The molecule has 2 aromatic carbocycles. The SMILES string of the molecule is CCOc1cc(C2C3=CCC4C(=O)N(c5cc([N+](=O)[O-])c(N(C)C)c([N+](=O)[O-])c5)C(=O)C4C3CC3=C2C(=O)C=C(Br)C3=O)ccc1O. The second kappa shape index (κ2) is 11.6. The Morgan fingerprint density at radius 1 is 1.02 bits per heavy atom. The van der Waals surface area contributed by atoms with E-state index in [-0.39, 0.29) is 58.0 Å². The summed E-state index contributed by atoms with van der Waals surface area (Å²) in [4.78, 5) is 79.5. The maximum absolute atomic E-state index is 14.3. The molecule has 242 valence electrons. The van der Waals surface area contributed by atoms with Gasteiger partial charge in [-0.2, -0.15) is 0 Å². The van der Waals surface area contributed by atoms with E-state index < -0.39 is 68.3 Å². The Labute approximate surface area is 275 Å². The van der Waals surface area contributed by atoms with E-state index in [2.05, 4.69) is 15.9 Å². The van der Waals surface area contributed by atoms with Gasteiger partial charge in [0, 0.05) is 49.4 Å². The largest absolute Gasteiger partial charge is 0.504 e. The highest BCUT2D eigenvalue weighted by atomic mass is 79.9. The summed E-state index contributed by atoms with van der Waals surface area (Å²) in [5, 5.41) is 34.4. The van der Waals surface area contributed by atoms with E-state index in [4.69, 9.17) is 4.74 Å². The van der Waals surface area contributed by atoms with E-state index >= 15 is 0 Å². The second-order valence-corrected chi connectivity index (χ2v) is 12.7. The summed E-state index contributed by atoms with van der Waals surface area (Å²) < 4.78 is 5.64. The Bertz CT molecular complexity index is 1890. The number of carbonyl (C=O) groups is 4. The molecule has 3 aliphatic carbocycles. The number of aromatic hydroxyl groups is 1. The molecule has 2 amide bonds. The van der Waals surface area contributed by atoms with Crippen LogP contribution in [-0.2, 0) is 19.2 Å². The fourth-order valence-corrected chi connectivity index (χ4v) is 7.72. The lowest BCUT2D eigenvalue weighted by Crippen LogP contribution is -2.39. The molecule has 0 bridgehead atoms. The Morgan fingerprint density at radius 3 is 2.28 bits per heavy atom. The van der Waals surface area contributed by atoms with Crippen molar-refractivity contribution >= 4 is 62.1 Å². The van der Waals surface area contributed by atoms with Crippen LogP contribution in [0.3, 0.4) is 0 Å². The number of fused-ring (bicyclic) bond motifs is 3. The minimum absolute atomic E-state index is 0.0323. The van der Waals surface area contributed by atoms with Crippen LogP contribution in [-0.4, -0.2) is 59.0 Å². The number of Topliss-reactive ketones (excluding diaryl/α,β-unsaturated/α-hetero) is 1. The van der Waals surface area contributed by atoms with Gasteiger partial charge in [0.15, 0.2) is 28.8 Å². The third-order valence-corrected chi connectivity index (χ3v) is 9.69. The third kappa shape index (κ3) is 4.92. The van der Waals surface area contributed by atoms with Crippen molar-refractivity contribution in [1.29, 1.82) is 0 Å². The minimum Gasteiger partial charge on any atom is -0.504 e. The molecule has 1 saturated heterocycles. The van der Waals surface area contributed by atoms with Crippen molar-refractivity contribution < 1.29 is 38.9 Å². The van der Waals surface area contributed by atoms with Crippen LogP contribution in [0.4, 0.5) is 22.7 Å². The molecule has 15 heteroatoms. The van der Waals surface area contributed by atoms with Gasteiger partial charge >= 0.3 is 11.4 Å². The van der Waals surface area contributed by atoms with Crippen molar-refractivity contribution in [2.75, 3.05) is 30.5 Å². The van der Waals surface area contributed by atoms with Crippen LogP contribution in [0.5, 0.6) is 11.5 Å². The Morgan fingerprint density at radius 2 is 1.68 bits per heavy atom. The molecule has 1 aliphatic heterocycles. The summed E-state index contributed by atoms with van der Waals surface area (Å²) in [6, 6.07) is 6.55. The number of hydrogen-bond acceptors (Lipinski definition) is 11. The normalized spacial score (nSPS) is 23.5. The van der Waals surface area contributed by atoms with Gasteiger partial charge in [-0.25, -0.2) is 4.90 Å². The first kappa shape index (κ1) is 31.8. The van der Waals surface area contributed by atoms with E-state index in [9.17, 15) is 44.5 Å². The molecule has 1 fully saturated rings. The van der Waals surface area contributed by atoms with E-state index in [0.717, 1.165) is 17.0 Å². The Balaban J connectivity index is 1.49. The number of halogens is 1. The van der Waals surface area contributed by atoms with Gasteiger partial charge in [0.1, 0.15) is 0 Å². The van der Waals surface area contributed by atoms with Crippen molar-refractivity contribution in [3.63, 3.8) is 0 Å². The number of nitro benzene ring substituents is 2. The van der Waals surface area contributed by atoms with Crippen LogP contribution in [0.15, 0.2) is 63.7 Å². The molecule has 4 unspecified atom stereocenters. The number of hydrogen-bond donors (Lipinski definition) is 1. The molecule has 4 aliphatic rings. The molecule has 47 heavy (non-hydrogen) atoms. The average Bonchev–Trinajstić information content (AvgIpc) is 3.28. The third-order valence-electron chi connectivity index (χ3n) is 9.10. The molecule has 0 radical (unpaired) electrons. The smallest absolute Gasteiger partial charge is 0.301 e. The maximum atomic E-state index is 14.3. The first-order valence-corrected chi connectivity index (χ1v) is 15.4. The standard InChI is InChI=1S/C32H27BrN4O10/c1-4-47-25-9-14(5-8-23(25)38)26-16-6-7-17-27(18(16)12-19-28(26)24(39)13-20(33)30(19)40)32(42)35(31(17)41)15-10-21(36(43)44)29(34(2)3)22(11-15)37(45)46/h5-6,8-11,13,17-18,26-27,38H,4,7,12H2,1-3H3. The summed E-state index contributed by atoms with van der Waals surface area (Å²) in [6.07, 6.45) is 3.03. The molecule has 4 atom stereocenters. The van der Waals surface area contributed by atoms with Crippen molar-refractivity contribution in [2.24, 2.45) is 17.8 Å². The number of allylic oxidation sites excluding steroid dienone is 6.